The summed E-state index contributed by atoms with van der Waals surface area (Å²) in [5.41, 5.74) is 1.39. The van der Waals surface area contributed by atoms with E-state index in [4.69, 9.17) is 10.00 Å². The van der Waals surface area contributed by atoms with Gasteiger partial charge in [-0.05, 0) is 30.2 Å². The molecule has 1 aliphatic rings. The highest BCUT2D eigenvalue weighted by Crippen LogP contribution is 2.14. The fourth-order valence-electron chi connectivity index (χ4n) is 2.78. The molecule has 1 aliphatic heterocycles. The Hall–Kier alpha value is -2.98. The van der Waals surface area contributed by atoms with Crippen LogP contribution in [0.25, 0.3) is 0 Å². The third-order valence-corrected chi connectivity index (χ3v) is 4.06. The summed E-state index contributed by atoms with van der Waals surface area (Å²) in [4.78, 5) is 20.6. The minimum atomic E-state index is -0.152. The van der Waals surface area contributed by atoms with Gasteiger partial charge in [-0.15, -0.1) is 0 Å². The summed E-state index contributed by atoms with van der Waals surface area (Å²) in [6.07, 6.45) is 4.14. The molecule has 1 amide bonds. The third kappa shape index (κ3) is 4.52. The molecule has 25 heavy (non-hydrogen) atoms. The fraction of sp³-hybridized carbons (Fsp3) is 0.333. The summed E-state index contributed by atoms with van der Waals surface area (Å²) in [5, 5.41) is 15.2. The molecular weight excluding hydrogens is 318 g/mol. The van der Waals surface area contributed by atoms with Crippen LogP contribution in [0.1, 0.15) is 22.3 Å². The highest BCUT2D eigenvalue weighted by atomic mass is 16.5. The lowest BCUT2D eigenvalue weighted by Crippen LogP contribution is -2.52. The Labute approximate surface area is 146 Å². The van der Waals surface area contributed by atoms with Crippen LogP contribution in [0.2, 0.25) is 0 Å². The Balaban J connectivity index is 1.67. The number of nitriles is 1. The van der Waals surface area contributed by atoms with Crippen molar-refractivity contribution in [3.05, 3.63) is 54.0 Å². The van der Waals surface area contributed by atoms with Crippen LogP contribution in [-0.2, 0) is 11.2 Å². The SMILES string of the molecule is N#CCc1cccc(C(=O)N[C@H]2CCOC[C@H]2Nc2ccncn2)c1. The van der Waals surface area contributed by atoms with Gasteiger partial charge in [0.15, 0.2) is 0 Å². The van der Waals surface area contributed by atoms with E-state index in [1.165, 1.54) is 6.33 Å². The van der Waals surface area contributed by atoms with Crippen molar-refractivity contribution in [1.29, 1.82) is 5.26 Å². The van der Waals surface area contributed by atoms with Crippen LogP contribution in [0.4, 0.5) is 5.82 Å². The first-order valence-corrected chi connectivity index (χ1v) is 8.13. The zero-order chi connectivity index (χ0) is 17.5. The number of hydrogen-bond acceptors (Lipinski definition) is 6. The number of benzene rings is 1. The first-order valence-electron chi connectivity index (χ1n) is 8.13. The van der Waals surface area contributed by atoms with Gasteiger partial charge in [0, 0.05) is 18.4 Å². The first-order chi connectivity index (χ1) is 12.3. The van der Waals surface area contributed by atoms with E-state index in [1.54, 1.807) is 30.5 Å². The summed E-state index contributed by atoms with van der Waals surface area (Å²) >= 11 is 0. The van der Waals surface area contributed by atoms with Crippen LogP contribution in [0.5, 0.6) is 0 Å². The van der Waals surface area contributed by atoms with E-state index < -0.39 is 0 Å². The minimum absolute atomic E-state index is 0.0733. The number of anilines is 1. The summed E-state index contributed by atoms with van der Waals surface area (Å²) in [7, 11) is 0. The van der Waals surface area contributed by atoms with Gasteiger partial charge < -0.3 is 15.4 Å². The average Bonchev–Trinajstić information content (AvgIpc) is 2.65. The molecule has 3 rings (SSSR count). The molecule has 7 heteroatoms. The number of nitrogens with one attached hydrogen (secondary N) is 2. The van der Waals surface area contributed by atoms with Crippen molar-refractivity contribution < 1.29 is 9.53 Å². The molecule has 1 aromatic heterocycles. The second kappa shape index (κ2) is 8.22. The number of amides is 1. The molecule has 2 atom stereocenters. The smallest absolute Gasteiger partial charge is 0.251 e. The Morgan fingerprint density at radius 2 is 2.28 bits per heavy atom. The number of rotatable bonds is 5. The maximum atomic E-state index is 12.6. The predicted molar refractivity (Wildman–Crippen MR) is 91.9 cm³/mol. The summed E-state index contributed by atoms with van der Waals surface area (Å²) in [5.74, 6) is 0.543. The molecule has 2 heterocycles. The number of carbonyl (C=O) groups excluding carboxylic acids is 1. The van der Waals surface area contributed by atoms with Crippen LogP contribution in [0, 0.1) is 11.3 Å². The van der Waals surface area contributed by atoms with E-state index in [1.807, 2.05) is 6.07 Å². The Morgan fingerprint density at radius 3 is 3.08 bits per heavy atom. The van der Waals surface area contributed by atoms with Crippen molar-refractivity contribution in [1.82, 2.24) is 15.3 Å². The van der Waals surface area contributed by atoms with Crippen LogP contribution >= 0.6 is 0 Å². The molecule has 0 bridgehead atoms. The molecule has 2 N–H and O–H groups in total. The molecule has 1 fully saturated rings. The third-order valence-electron chi connectivity index (χ3n) is 4.06. The molecule has 0 saturated carbocycles. The molecule has 0 spiro atoms. The van der Waals surface area contributed by atoms with Gasteiger partial charge in [-0.1, -0.05) is 12.1 Å². The normalized spacial score (nSPS) is 19.6. The molecular formula is C18H19N5O2. The van der Waals surface area contributed by atoms with Gasteiger partial charge in [-0.3, -0.25) is 4.79 Å². The van der Waals surface area contributed by atoms with Gasteiger partial charge in [0.05, 0.1) is 31.2 Å². The van der Waals surface area contributed by atoms with Crippen LogP contribution in [-0.4, -0.2) is 41.2 Å². The first kappa shape index (κ1) is 16.9. The summed E-state index contributed by atoms with van der Waals surface area (Å²) in [6, 6.07) is 10.9. The molecule has 0 unspecified atom stereocenters. The monoisotopic (exact) mass is 337 g/mol. The molecule has 1 saturated heterocycles. The van der Waals surface area contributed by atoms with Gasteiger partial charge in [0.2, 0.25) is 0 Å². The van der Waals surface area contributed by atoms with E-state index in [2.05, 4.69) is 26.7 Å². The number of nitrogens with zero attached hydrogens (tertiary/aromatic N) is 3. The molecule has 128 valence electrons. The number of hydrogen-bond donors (Lipinski definition) is 2. The summed E-state index contributed by atoms with van der Waals surface area (Å²) in [6.45, 7) is 1.09. The molecule has 1 aromatic carbocycles. The molecule has 0 radical (unpaired) electrons. The number of carbonyl (C=O) groups is 1. The van der Waals surface area contributed by atoms with E-state index in [0.717, 1.165) is 5.56 Å². The number of ether oxygens (including phenoxy) is 1. The van der Waals surface area contributed by atoms with Crippen molar-refractivity contribution in [3.8, 4) is 6.07 Å². The number of aromatic nitrogens is 2. The Bertz CT molecular complexity index is 760. The highest BCUT2D eigenvalue weighted by molar-refractivity contribution is 5.94. The topological polar surface area (TPSA) is 99.9 Å². The maximum Gasteiger partial charge on any atom is 0.251 e. The largest absolute Gasteiger partial charge is 0.379 e. The average molecular weight is 337 g/mol. The van der Waals surface area contributed by atoms with E-state index in [9.17, 15) is 4.79 Å². The zero-order valence-corrected chi connectivity index (χ0v) is 13.7. The van der Waals surface area contributed by atoms with Gasteiger partial charge in [0.25, 0.3) is 5.91 Å². The van der Waals surface area contributed by atoms with Gasteiger partial charge in [-0.2, -0.15) is 5.26 Å². The second-order valence-electron chi connectivity index (χ2n) is 5.82. The highest BCUT2D eigenvalue weighted by Gasteiger charge is 2.27. The van der Waals surface area contributed by atoms with Crippen molar-refractivity contribution in [2.75, 3.05) is 18.5 Å². The quantitative estimate of drug-likeness (QED) is 0.858. The molecule has 7 nitrogen and oxygen atoms in total. The zero-order valence-electron chi connectivity index (χ0n) is 13.7. The van der Waals surface area contributed by atoms with Gasteiger partial charge >= 0.3 is 0 Å². The molecule has 2 aromatic rings. The second-order valence-corrected chi connectivity index (χ2v) is 5.82. The predicted octanol–water partition coefficient (Wildman–Crippen LogP) is 1.54. The lowest BCUT2D eigenvalue weighted by molar-refractivity contribution is 0.0620. The van der Waals surface area contributed by atoms with Crippen molar-refractivity contribution in [2.24, 2.45) is 0 Å². The van der Waals surface area contributed by atoms with Crippen LogP contribution < -0.4 is 10.6 Å². The standard InChI is InChI=1S/C18H19N5O2/c19-7-4-13-2-1-3-14(10-13)18(24)23-15-6-9-25-11-16(15)22-17-5-8-20-12-21-17/h1-3,5,8,10,12,15-16H,4,6,9,11H2,(H,23,24)(H,20,21,22)/t15-,16+/m0/s1. The Kier molecular flexibility index (Phi) is 5.54. The maximum absolute atomic E-state index is 12.6. The lowest BCUT2D eigenvalue weighted by atomic mass is 10.0. The van der Waals surface area contributed by atoms with E-state index in [0.29, 0.717) is 31.0 Å². The van der Waals surface area contributed by atoms with Gasteiger partial charge in [-0.25, -0.2) is 9.97 Å². The van der Waals surface area contributed by atoms with Crippen molar-refractivity contribution in [2.45, 2.75) is 24.9 Å². The van der Waals surface area contributed by atoms with E-state index in [-0.39, 0.29) is 24.4 Å². The Morgan fingerprint density at radius 1 is 1.36 bits per heavy atom. The lowest BCUT2D eigenvalue weighted by Gasteiger charge is -2.33. The fourth-order valence-corrected chi connectivity index (χ4v) is 2.78. The van der Waals surface area contributed by atoms with Crippen LogP contribution in [0.3, 0.4) is 0 Å². The van der Waals surface area contributed by atoms with Crippen molar-refractivity contribution >= 4 is 11.7 Å². The molecule has 0 aliphatic carbocycles. The van der Waals surface area contributed by atoms with Crippen molar-refractivity contribution in [3.63, 3.8) is 0 Å². The minimum Gasteiger partial charge on any atom is -0.379 e. The van der Waals surface area contributed by atoms with Gasteiger partial charge in [0.1, 0.15) is 12.1 Å². The summed E-state index contributed by atoms with van der Waals surface area (Å²) < 4.78 is 5.53. The van der Waals surface area contributed by atoms with Crippen LogP contribution in [0.15, 0.2) is 42.9 Å². The van der Waals surface area contributed by atoms with E-state index >= 15 is 0 Å².